The van der Waals surface area contributed by atoms with Crippen molar-refractivity contribution in [1.29, 1.82) is 0 Å². The van der Waals surface area contributed by atoms with Gasteiger partial charge in [0.05, 0.1) is 5.69 Å². The van der Waals surface area contributed by atoms with Gasteiger partial charge in [-0.25, -0.2) is 0 Å². The Hall–Kier alpha value is -2.81. The van der Waals surface area contributed by atoms with Gasteiger partial charge < -0.3 is 10.5 Å². The molecule has 2 saturated carbocycles. The van der Waals surface area contributed by atoms with Gasteiger partial charge in [0.15, 0.2) is 0 Å². The monoisotopic (exact) mass is 370 g/mol. The van der Waals surface area contributed by atoms with E-state index in [1.807, 2.05) is 30.3 Å². The predicted octanol–water partition coefficient (Wildman–Crippen LogP) is 5.35. The Balaban J connectivity index is 1.43. The second-order valence-corrected chi connectivity index (χ2v) is 8.31. The van der Waals surface area contributed by atoms with Gasteiger partial charge in [-0.2, -0.15) is 0 Å². The highest BCUT2D eigenvalue weighted by Gasteiger charge is 2.52. The fourth-order valence-electron chi connectivity index (χ4n) is 5.47. The Labute approximate surface area is 166 Å². The van der Waals surface area contributed by atoms with Crippen LogP contribution in [0.1, 0.15) is 42.5 Å². The molecule has 3 atom stereocenters. The van der Waals surface area contributed by atoms with Crippen LogP contribution in [0.4, 0.5) is 5.69 Å². The largest absolute Gasteiger partial charge is 0.487 e. The minimum atomic E-state index is 0.121. The van der Waals surface area contributed by atoms with Crippen LogP contribution in [0, 0.1) is 11.8 Å². The van der Waals surface area contributed by atoms with Gasteiger partial charge in [-0.3, -0.25) is 4.98 Å². The zero-order valence-electron chi connectivity index (χ0n) is 16.1. The molecule has 3 heteroatoms. The van der Waals surface area contributed by atoms with Crippen molar-refractivity contribution >= 4 is 5.69 Å². The molecule has 0 spiro atoms. The summed E-state index contributed by atoms with van der Waals surface area (Å²) >= 11 is 0. The number of nitrogen functional groups attached to an aromatic ring is 1. The zero-order valence-corrected chi connectivity index (χ0v) is 16.1. The van der Waals surface area contributed by atoms with Gasteiger partial charge in [0.25, 0.3) is 0 Å². The molecule has 2 N–H and O–H groups in total. The highest BCUT2D eigenvalue weighted by molar-refractivity contribution is 5.48. The first-order valence-corrected chi connectivity index (χ1v) is 10.2. The third kappa shape index (κ3) is 2.95. The number of anilines is 1. The summed E-state index contributed by atoms with van der Waals surface area (Å²) in [6, 6.07) is 23.2. The Morgan fingerprint density at radius 2 is 1.68 bits per heavy atom. The summed E-state index contributed by atoms with van der Waals surface area (Å²) in [7, 11) is 0. The first-order valence-electron chi connectivity index (χ1n) is 10.2. The summed E-state index contributed by atoms with van der Waals surface area (Å²) in [6.07, 6.45) is 7.10. The molecule has 1 aromatic heterocycles. The van der Waals surface area contributed by atoms with E-state index in [2.05, 4.69) is 41.4 Å². The van der Waals surface area contributed by atoms with E-state index in [9.17, 15) is 0 Å². The molecule has 5 rings (SSSR count). The van der Waals surface area contributed by atoms with E-state index in [1.165, 1.54) is 36.8 Å². The maximum absolute atomic E-state index is 5.96. The molecule has 2 bridgehead atoms. The molecule has 2 aromatic carbocycles. The number of rotatable bonds is 5. The smallest absolute Gasteiger partial charge is 0.130 e. The summed E-state index contributed by atoms with van der Waals surface area (Å²) in [5.74, 6) is 2.47. The molecule has 3 aromatic rings. The lowest BCUT2D eigenvalue weighted by molar-refractivity contribution is 0.299. The van der Waals surface area contributed by atoms with Crippen molar-refractivity contribution in [3.05, 3.63) is 89.7 Å². The number of benzene rings is 2. The number of nitrogens with zero attached hydrogens (tertiary/aromatic N) is 1. The molecule has 1 heterocycles. The molecule has 2 fully saturated rings. The molecule has 28 heavy (non-hydrogen) atoms. The summed E-state index contributed by atoms with van der Waals surface area (Å²) in [4.78, 5) is 4.32. The highest BCUT2D eigenvalue weighted by Crippen LogP contribution is 2.60. The number of pyridine rings is 1. The molecule has 0 aliphatic heterocycles. The Morgan fingerprint density at radius 1 is 0.929 bits per heavy atom. The number of ether oxygens (including phenoxy) is 1. The first-order chi connectivity index (χ1) is 13.7. The van der Waals surface area contributed by atoms with Crippen molar-refractivity contribution < 1.29 is 4.74 Å². The van der Waals surface area contributed by atoms with E-state index in [0.717, 1.165) is 29.0 Å². The third-order valence-corrected chi connectivity index (χ3v) is 6.76. The number of aromatic nitrogens is 1. The van der Waals surface area contributed by atoms with E-state index in [-0.39, 0.29) is 5.41 Å². The third-order valence-electron chi connectivity index (χ3n) is 6.76. The predicted molar refractivity (Wildman–Crippen MR) is 112 cm³/mol. The van der Waals surface area contributed by atoms with Crippen LogP contribution in [0.25, 0.3) is 0 Å². The SMILES string of the molecule is Nc1ccc([C@]2(c3ccc(OCc4ccccn4)cc3)CC3CC[C@@H]2C3)cc1. The fourth-order valence-corrected chi connectivity index (χ4v) is 5.47. The van der Waals surface area contributed by atoms with E-state index in [0.29, 0.717) is 6.61 Å². The minimum absolute atomic E-state index is 0.121. The van der Waals surface area contributed by atoms with Crippen LogP contribution in [0.2, 0.25) is 0 Å². The minimum Gasteiger partial charge on any atom is -0.487 e. The molecular formula is C25H26N2O. The molecule has 0 amide bonds. The van der Waals surface area contributed by atoms with Crippen molar-refractivity contribution in [2.75, 3.05) is 5.73 Å². The van der Waals surface area contributed by atoms with E-state index in [4.69, 9.17) is 10.5 Å². The number of fused-ring (bicyclic) bond motifs is 2. The van der Waals surface area contributed by atoms with Crippen molar-refractivity contribution in [2.45, 2.75) is 37.7 Å². The topological polar surface area (TPSA) is 48.1 Å². The molecule has 0 radical (unpaired) electrons. The van der Waals surface area contributed by atoms with Crippen LogP contribution < -0.4 is 10.5 Å². The average Bonchev–Trinajstić information content (AvgIpc) is 3.36. The fraction of sp³-hybridized carbons (Fsp3) is 0.320. The zero-order chi connectivity index (χ0) is 19.0. The second-order valence-electron chi connectivity index (χ2n) is 8.31. The van der Waals surface area contributed by atoms with Gasteiger partial charge in [0.2, 0.25) is 0 Å². The molecule has 0 saturated heterocycles. The summed E-state index contributed by atoms with van der Waals surface area (Å²) in [5, 5.41) is 0. The number of nitrogens with two attached hydrogens (primary N) is 1. The molecule has 1 unspecified atom stereocenters. The van der Waals surface area contributed by atoms with Crippen molar-refractivity contribution in [1.82, 2.24) is 4.98 Å². The van der Waals surface area contributed by atoms with Crippen LogP contribution >= 0.6 is 0 Å². The van der Waals surface area contributed by atoms with Gasteiger partial charge in [-0.15, -0.1) is 0 Å². The molecule has 3 nitrogen and oxygen atoms in total. The summed E-state index contributed by atoms with van der Waals surface area (Å²) < 4.78 is 5.95. The van der Waals surface area contributed by atoms with Crippen LogP contribution in [0.5, 0.6) is 5.75 Å². The quantitative estimate of drug-likeness (QED) is 0.616. The second kappa shape index (κ2) is 6.97. The van der Waals surface area contributed by atoms with E-state index in [1.54, 1.807) is 6.20 Å². The van der Waals surface area contributed by atoms with Gasteiger partial charge in [-0.05, 0) is 78.6 Å². The summed E-state index contributed by atoms with van der Waals surface area (Å²) in [5.41, 5.74) is 10.7. The number of hydrogen-bond donors (Lipinski definition) is 1. The van der Waals surface area contributed by atoms with Crippen LogP contribution in [-0.2, 0) is 12.0 Å². The first kappa shape index (κ1) is 17.3. The van der Waals surface area contributed by atoms with Crippen LogP contribution in [-0.4, -0.2) is 4.98 Å². The Bertz CT molecular complexity index is 937. The molecule has 2 aliphatic rings. The van der Waals surface area contributed by atoms with Crippen molar-refractivity contribution in [3.63, 3.8) is 0 Å². The standard InChI is InChI=1S/C25H26N2O/c26-22-10-6-19(7-11-22)25(16-18-4-5-21(25)15-18)20-8-12-24(13-9-20)28-17-23-3-1-2-14-27-23/h1-3,6-14,18,21H,4-5,15-17,26H2/t18?,21-,25+/m1/s1. The normalized spacial score (nSPS) is 25.7. The van der Waals surface area contributed by atoms with Crippen LogP contribution in [0.3, 0.4) is 0 Å². The van der Waals surface area contributed by atoms with E-state index >= 15 is 0 Å². The molecular weight excluding hydrogens is 344 g/mol. The van der Waals surface area contributed by atoms with Gasteiger partial charge >= 0.3 is 0 Å². The summed E-state index contributed by atoms with van der Waals surface area (Å²) in [6.45, 7) is 0.494. The molecule has 142 valence electrons. The van der Waals surface area contributed by atoms with Gasteiger partial charge in [0.1, 0.15) is 12.4 Å². The maximum Gasteiger partial charge on any atom is 0.130 e. The average molecular weight is 370 g/mol. The molecule has 2 aliphatic carbocycles. The Kier molecular flexibility index (Phi) is 4.31. The number of hydrogen-bond acceptors (Lipinski definition) is 3. The lowest BCUT2D eigenvalue weighted by atomic mass is 9.64. The lowest BCUT2D eigenvalue weighted by Crippen LogP contribution is -2.34. The lowest BCUT2D eigenvalue weighted by Gasteiger charge is -2.39. The van der Waals surface area contributed by atoms with Crippen molar-refractivity contribution in [3.8, 4) is 5.75 Å². The van der Waals surface area contributed by atoms with Gasteiger partial charge in [0, 0.05) is 17.3 Å². The van der Waals surface area contributed by atoms with Gasteiger partial charge in [-0.1, -0.05) is 36.8 Å². The van der Waals surface area contributed by atoms with Crippen molar-refractivity contribution in [2.24, 2.45) is 11.8 Å². The highest BCUT2D eigenvalue weighted by atomic mass is 16.5. The maximum atomic E-state index is 5.96. The van der Waals surface area contributed by atoms with E-state index < -0.39 is 0 Å². The van der Waals surface area contributed by atoms with Crippen LogP contribution in [0.15, 0.2) is 72.9 Å². The Morgan fingerprint density at radius 3 is 2.29 bits per heavy atom.